The van der Waals surface area contributed by atoms with Crippen LogP contribution in [0.4, 0.5) is 13.2 Å². The molecule has 0 spiro atoms. The van der Waals surface area contributed by atoms with Crippen LogP contribution in [0.2, 0.25) is 0 Å². The van der Waals surface area contributed by atoms with Crippen LogP contribution in [0, 0.1) is 0 Å². The van der Waals surface area contributed by atoms with E-state index in [1.807, 2.05) is 0 Å². The maximum atomic E-state index is 12.0. The number of alkyl halides is 3. The number of carbonyl (C=O) groups excluding carboxylic acids is 1. The average molecular weight is 299 g/mol. The third kappa shape index (κ3) is 3.62. The van der Waals surface area contributed by atoms with Gasteiger partial charge in [0.2, 0.25) is 0 Å². The Balaban J connectivity index is 2.17. The Morgan fingerprint density at radius 2 is 1.71 bits per heavy atom. The highest BCUT2D eigenvalue weighted by Gasteiger charge is 2.31. The van der Waals surface area contributed by atoms with E-state index in [2.05, 4.69) is 9.72 Å². The number of aromatic amines is 1. The number of hydrogen-bond acceptors (Lipinski definition) is 3. The highest BCUT2D eigenvalue weighted by Crippen LogP contribution is 2.23. The van der Waals surface area contributed by atoms with Crippen LogP contribution in [-0.4, -0.2) is 28.2 Å². The normalized spacial score (nSPS) is 11.2. The van der Waals surface area contributed by atoms with Crippen molar-refractivity contribution in [3.8, 4) is 5.75 Å². The van der Waals surface area contributed by atoms with E-state index < -0.39 is 23.9 Å². The zero-order chi connectivity index (χ0) is 15.6. The second-order valence-corrected chi connectivity index (χ2v) is 4.01. The van der Waals surface area contributed by atoms with Crippen LogP contribution in [0.25, 0.3) is 0 Å². The van der Waals surface area contributed by atoms with Gasteiger partial charge in [0.15, 0.2) is 5.78 Å². The first-order valence-electron chi connectivity index (χ1n) is 5.58. The topological polar surface area (TPSA) is 79.4 Å². The minimum Gasteiger partial charge on any atom is -0.477 e. The number of hydrogen-bond donors (Lipinski definition) is 2. The van der Waals surface area contributed by atoms with E-state index >= 15 is 0 Å². The second-order valence-electron chi connectivity index (χ2n) is 4.01. The van der Waals surface area contributed by atoms with Crippen LogP contribution in [0.5, 0.6) is 5.75 Å². The smallest absolute Gasteiger partial charge is 0.477 e. The largest absolute Gasteiger partial charge is 0.573 e. The summed E-state index contributed by atoms with van der Waals surface area (Å²) in [6, 6.07) is 5.48. The van der Waals surface area contributed by atoms with Gasteiger partial charge in [-0.1, -0.05) is 0 Å². The molecule has 0 aliphatic heterocycles. The monoisotopic (exact) mass is 299 g/mol. The van der Waals surface area contributed by atoms with Crippen molar-refractivity contribution in [1.82, 2.24) is 4.98 Å². The van der Waals surface area contributed by atoms with Gasteiger partial charge in [0, 0.05) is 17.3 Å². The third-order valence-electron chi connectivity index (χ3n) is 2.53. The Morgan fingerprint density at radius 1 is 1.10 bits per heavy atom. The van der Waals surface area contributed by atoms with Gasteiger partial charge < -0.3 is 14.8 Å². The molecular formula is C13H8F3NO4. The number of carboxylic acids is 1. The number of aromatic carboxylic acids is 1. The Kier molecular flexibility index (Phi) is 3.70. The number of H-pyrrole nitrogens is 1. The average Bonchev–Trinajstić information content (AvgIpc) is 2.86. The summed E-state index contributed by atoms with van der Waals surface area (Å²) < 4.78 is 39.7. The van der Waals surface area contributed by atoms with Crippen LogP contribution < -0.4 is 4.74 Å². The minimum atomic E-state index is -4.80. The molecule has 0 bridgehead atoms. The molecule has 0 aliphatic rings. The molecule has 0 saturated heterocycles. The predicted molar refractivity (Wildman–Crippen MR) is 64.3 cm³/mol. The van der Waals surface area contributed by atoms with Gasteiger partial charge in [0.1, 0.15) is 11.4 Å². The number of ketones is 1. The first-order valence-corrected chi connectivity index (χ1v) is 5.58. The lowest BCUT2D eigenvalue weighted by atomic mass is 10.1. The Bertz CT molecular complexity index is 673. The molecule has 2 aromatic rings. The van der Waals surface area contributed by atoms with E-state index in [1.165, 1.54) is 6.20 Å². The van der Waals surface area contributed by atoms with E-state index in [9.17, 15) is 22.8 Å². The summed E-state index contributed by atoms with van der Waals surface area (Å²) in [6.45, 7) is 0. The molecule has 1 aromatic heterocycles. The van der Waals surface area contributed by atoms with Crippen molar-refractivity contribution in [1.29, 1.82) is 0 Å². The third-order valence-corrected chi connectivity index (χ3v) is 2.53. The van der Waals surface area contributed by atoms with Crippen molar-refractivity contribution in [3.63, 3.8) is 0 Å². The van der Waals surface area contributed by atoms with Gasteiger partial charge in [-0.05, 0) is 30.3 Å². The molecule has 110 valence electrons. The summed E-state index contributed by atoms with van der Waals surface area (Å²) in [5.41, 5.74) is 0.0488. The van der Waals surface area contributed by atoms with E-state index in [-0.39, 0.29) is 16.8 Å². The zero-order valence-electron chi connectivity index (χ0n) is 10.3. The lowest BCUT2D eigenvalue weighted by Gasteiger charge is -2.08. The molecule has 0 fully saturated rings. The highest BCUT2D eigenvalue weighted by atomic mass is 19.4. The van der Waals surface area contributed by atoms with E-state index in [0.717, 1.165) is 30.3 Å². The summed E-state index contributed by atoms with van der Waals surface area (Å²) in [4.78, 5) is 25.1. The molecule has 0 radical (unpaired) electrons. The number of carboxylic acid groups (broad SMARTS) is 1. The van der Waals surface area contributed by atoms with Crippen LogP contribution >= 0.6 is 0 Å². The zero-order valence-corrected chi connectivity index (χ0v) is 10.3. The summed E-state index contributed by atoms with van der Waals surface area (Å²) in [5, 5.41) is 8.73. The number of aromatic nitrogens is 1. The van der Waals surface area contributed by atoms with Gasteiger partial charge in [-0.15, -0.1) is 13.2 Å². The number of carbonyl (C=O) groups is 2. The van der Waals surface area contributed by atoms with Crippen molar-refractivity contribution < 1.29 is 32.6 Å². The Labute approximate surface area is 116 Å². The van der Waals surface area contributed by atoms with Gasteiger partial charge in [0.25, 0.3) is 0 Å². The van der Waals surface area contributed by atoms with Gasteiger partial charge in [-0.2, -0.15) is 0 Å². The molecule has 2 N–H and O–H groups in total. The fourth-order valence-corrected chi connectivity index (χ4v) is 1.62. The number of halogens is 3. The molecule has 0 aliphatic carbocycles. The molecule has 0 amide bonds. The SMILES string of the molecule is O=C(c1ccc(OC(F)(F)F)cc1)c1c[nH]c(C(=O)O)c1. The van der Waals surface area contributed by atoms with Crippen molar-refractivity contribution in [2.75, 3.05) is 0 Å². The van der Waals surface area contributed by atoms with E-state index in [0.29, 0.717) is 0 Å². The highest BCUT2D eigenvalue weighted by molar-refractivity contribution is 6.09. The summed E-state index contributed by atoms with van der Waals surface area (Å²) in [5.74, 6) is -2.18. The molecule has 2 rings (SSSR count). The first-order chi connectivity index (χ1) is 9.76. The summed E-state index contributed by atoms with van der Waals surface area (Å²) >= 11 is 0. The molecule has 1 aromatic carbocycles. The number of nitrogens with one attached hydrogen (secondary N) is 1. The summed E-state index contributed by atoms with van der Waals surface area (Å²) in [7, 11) is 0. The molecule has 0 unspecified atom stereocenters. The Hall–Kier alpha value is -2.77. The molecule has 0 saturated carbocycles. The fourth-order valence-electron chi connectivity index (χ4n) is 1.62. The van der Waals surface area contributed by atoms with Crippen LogP contribution in [0.3, 0.4) is 0 Å². The van der Waals surface area contributed by atoms with E-state index in [4.69, 9.17) is 5.11 Å². The van der Waals surface area contributed by atoms with Crippen LogP contribution in [0.15, 0.2) is 36.5 Å². The van der Waals surface area contributed by atoms with Crippen molar-refractivity contribution >= 4 is 11.8 Å². The molecule has 21 heavy (non-hydrogen) atoms. The lowest BCUT2D eigenvalue weighted by molar-refractivity contribution is -0.274. The lowest BCUT2D eigenvalue weighted by Crippen LogP contribution is -2.17. The Morgan fingerprint density at radius 3 is 2.19 bits per heavy atom. The molecule has 0 atom stereocenters. The van der Waals surface area contributed by atoms with E-state index in [1.54, 1.807) is 0 Å². The van der Waals surface area contributed by atoms with Gasteiger partial charge in [-0.25, -0.2) is 4.79 Å². The van der Waals surface area contributed by atoms with Gasteiger partial charge in [-0.3, -0.25) is 4.79 Å². The van der Waals surface area contributed by atoms with Gasteiger partial charge in [0.05, 0.1) is 0 Å². The van der Waals surface area contributed by atoms with Gasteiger partial charge >= 0.3 is 12.3 Å². The van der Waals surface area contributed by atoms with Crippen molar-refractivity contribution in [2.45, 2.75) is 6.36 Å². The molecule has 1 heterocycles. The number of benzene rings is 1. The predicted octanol–water partition coefficient (Wildman–Crippen LogP) is 2.84. The maximum absolute atomic E-state index is 12.0. The maximum Gasteiger partial charge on any atom is 0.573 e. The van der Waals surface area contributed by atoms with Crippen molar-refractivity contribution in [3.05, 3.63) is 53.3 Å². The second kappa shape index (κ2) is 5.31. The standard InChI is InChI=1S/C13H8F3NO4/c14-13(15,16)21-9-3-1-7(2-4-9)11(18)8-5-10(12(19)20)17-6-8/h1-6,17H,(H,19,20). The quantitative estimate of drug-likeness (QED) is 0.851. The molecular weight excluding hydrogens is 291 g/mol. The molecule has 8 heteroatoms. The first kappa shape index (κ1) is 14.6. The minimum absolute atomic E-state index is 0.0943. The molecule has 5 nitrogen and oxygen atoms in total. The number of ether oxygens (including phenoxy) is 1. The number of rotatable bonds is 4. The summed E-state index contributed by atoms with van der Waals surface area (Å²) in [6.07, 6.45) is -3.59. The fraction of sp³-hybridized carbons (Fsp3) is 0.0769. The van der Waals surface area contributed by atoms with Crippen LogP contribution in [-0.2, 0) is 0 Å². The van der Waals surface area contributed by atoms with Crippen LogP contribution in [0.1, 0.15) is 26.4 Å². The van der Waals surface area contributed by atoms with Crippen molar-refractivity contribution in [2.24, 2.45) is 0 Å².